The molecule has 2 atom stereocenters. The van der Waals surface area contributed by atoms with E-state index in [1.165, 1.54) is 69.0 Å². The molecule has 0 aliphatic heterocycles. The molecule has 0 saturated heterocycles. The van der Waals surface area contributed by atoms with E-state index in [-0.39, 0.29) is 6.04 Å². The van der Waals surface area contributed by atoms with Gasteiger partial charge in [0.1, 0.15) is 0 Å². The second kappa shape index (κ2) is 12.1. The van der Waals surface area contributed by atoms with Gasteiger partial charge in [-0.1, -0.05) is 68.2 Å². The van der Waals surface area contributed by atoms with Crippen molar-refractivity contribution in [1.29, 1.82) is 5.26 Å². The lowest BCUT2D eigenvalue weighted by Crippen LogP contribution is -2.41. The molecular weight excluding hydrogens is 488 g/mol. The first-order valence-corrected chi connectivity index (χ1v) is 16.1. The Morgan fingerprint density at radius 3 is 2.61 bits per heavy atom. The Morgan fingerprint density at radius 1 is 1.13 bits per heavy atom. The molecule has 0 radical (unpaired) electrons. The van der Waals surface area contributed by atoms with Crippen molar-refractivity contribution in [3.63, 3.8) is 0 Å². The molecule has 202 valence electrons. The van der Waals surface area contributed by atoms with Crippen LogP contribution in [0.15, 0.2) is 60.2 Å². The molecule has 0 heterocycles. The predicted molar refractivity (Wildman–Crippen MR) is 161 cm³/mol. The number of nitrogens with one attached hydrogen (secondary N) is 2. The third-order valence-electron chi connectivity index (χ3n) is 8.52. The molecule has 0 spiro atoms. The van der Waals surface area contributed by atoms with Crippen LogP contribution in [0.2, 0.25) is 0 Å². The maximum Gasteiger partial charge on any atom is 0.0998 e. The Morgan fingerprint density at radius 2 is 1.92 bits per heavy atom. The van der Waals surface area contributed by atoms with Gasteiger partial charge in [0.2, 0.25) is 0 Å². The number of allylic oxidation sites excluding steroid dienone is 6. The molecule has 3 saturated carbocycles. The van der Waals surface area contributed by atoms with E-state index in [9.17, 15) is 9.47 Å². The van der Waals surface area contributed by atoms with Gasteiger partial charge in [-0.25, -0.2) is 13.7 Å². The zero-order chi connectivity index (χ0) is 26.5. The third-order valence-corrected chi connectivity index (χ3v) is 9.80. The van der Waals surface area contributed by atoms with E-state index in [1.807, 2.05) is 36.5 Å². The molecule has 0 bridgehead atoms. The predicted octanol–water partition coefficient (Wildman–Crippen LogP) is 5.87. The molecule has 5 nitrogen and oxygen atoms in total. The Kier molecular flexibility index (Phi) is 8.57. The molecule has 5 rings (SSSR count). The Balaban J connectivity index is 1.34. The molecule has 1 aromatic carbocycles. The Hall–Kier alpha value is -2.59. The lowest BCUT2D eigenvalue weighted by atomic mass is 9.89. The van der Waals surface area contributed by atoms with Crippen LogP contribution in [0.25, 0.3) is 5.57 Å². The van der Waals surface area contributed by atoms with Crippen LogP contribution >= 0.6 is 0 Å². The minimum atomic E-state index is -2.57. The highest BCUT2D eigenvalue weighted by molar-refractivity contribution is 7.96. The number of hydrogen-bond donors (Lipinski definition) is 2. The maximum atomic E-state index is 12.8. The maximum absolute atomic E-state index is 12.8. The fourth-order valence-corrected chi connectivity index (χ4v) is 6.90. The number of anilines is 1. The van der Waals surface area contributed by atoms with Crippen molar-refractivity contribution in [2.24, 2.45) is 11.8 Å². The summed E-state index contributed by atoms with van der Waals surface area (Å²) in [6, 6.07) is 9.57. The van der Waals surface area contributed by atoms with E-state index >= 15 is 0 Å². The molecule has 1 aromatic rings. The molecule has 0 amide bonds. The highest BCUT2D eigenvalue weighted by atomic mass is 32.2. The second-order valence-corrected chi connectivity index (χ2v) is 13.5. The summed E-state index contributed by atoms with van der Waals surface area (Å²) in [7, 11) is -0.384. The van der Waals surface area contributed by atoms with Gasteiger partial charge in [0.25, 0.3) is 0 Å². The van der Waals surface area contributed by atoms with Gasteiger partial charge < -0.3 is 4.90 Å². The quantitative estimate of drug-likeness (QED) is 0.278. The van der Waals surface area contributed by atoms with E-state index in [2.05, 4.69) is 51.5 Å². The number of nitrogens with zero attached hydrogens (tertiary/aromatic N) is 2. The number of rotatable bonds is 11. The molecule has 3 fully saturated rings. The van der Waals surface area contributed by atoms with E-state index in [1.54, 1.807) is 0 Å². The molecule has 0 aromatic heterocycles. The molecule has 2 N–H and O–H groups in total. The van der Waals surface area contributed by atoms with Crippen molar-refractivity contribution >= 4 is 27.0 Å². The number of benzene rings is 1. The van der Waals surface area contributed by atoms with Crippen LogP contribution in [0.4, 0.5) is 5.69 Å². The molecule has 4 aliphatic carbocycles. The van der Waals surface area contributed by atoms with Gasteiger partial charge in [0.05, 0.1) is 27.6 Å². The van der Waals surface area contributed by atoms with Crippen LogP contribution in [0.1, 0.15) is 68.9 Å². The fraction of sp³-hybridized carbons (Fsp3) is 0.500. The zero-order valence-corrected chi connectivity index (χ0v) is 23.5. The molecule has 2 unspecified atom stereocenters. The van der Waals surface area contributed by atoms with Gasteiger partial charge in [0.15, 0.2) is 0 Å². The van der Waals surface area contributed by atoms with Crippen LogP contribution < -0.4 is 14.3 Å². The van der Waals surface area contributed by atoms with Crippen LogP contribution in [-0.2, 0) is 16.3 Å². The van der Waals surface area contributed by atoms with Crippen molar-refractivity contribution in [3.05, 3.63) is 71.4 Å². The van der Waals surface area contributed by atoms with Crippen LogP contribution in [0, 0.1) is 23.2 Å². The van der Waals surface area contributed by atoms with Crippen LogP contribution in [0.5, 0.6) is 0 Å². The van der Waals surface area contributed by atoms with Gasteiger partial charge in [-0.15, -0.1) is 0 Å². The average molecular weight is 531 g/mol. The monoisotopic (exact) mass is 530 g/mol. The SMILES string of the molecule is C=S(=O)(NCC1CC1)NC1C=CC=C(/C=C(\C#N)c2ccc(CC3CCCC3)cc2N(C)C2CCC2)C=C1. The molecule has 6 heteroatoms. The van der Waals surface area contributed by atoms with Gasteiger partial charge in [-0.2, -0.15) is 5.26 Å². The minimum absolute atomic E-state index is 0.199. The minimum Gasteiger partial charge on any atom is -0.371 e. The van der Waals surface area contributed by atoms with Gasteiger partial charge in [-0.05, 0) is 79.5 Å². The summed E-state index contributed by atoms with van der Waals surface area (Å²) < 4.78 is 19.0. The topological polar surface area (TPSA) is 68.2 Å². The lowest BCUT2D eigenvalue weighted by Gasteiger charge is -2.37. The second-order valence-electron chi connectivity index (χ2n) is 11.6. The fourth-order valence-electron chi connectivity index (χ4n) is 5.71. The first kappa shape index (κ1) is 27.0. The van der Waals surface area contributed by atoms with E-state index in [0.717, 1.165) is 30.0 Å². The van der Waals surface area contributed by atoms with Crippen molar-refractivity contribution in [1.82, 2.24) is 9.44 Å². The Labute approximate surface area is 229 Å². The largest absolute Gasteiger partial charge is 0.371 e. The summed E-state index contributed by atoms with van der Waals surface area (Å²) in [6.07, 6.45) is 24.5. The van der Waals surface area contributed by atoms with E-state index < -0.39 is 9.89 Å². The normalized spacial score (nSPS) is 23.8. The van der Waals surface area contributed by atoms with Crippen LogP contribution in [-0.4, -0.2) is 35.8 Å². The smallest absolute Gasteiger partial charge is 0.0998 e. The summed E-state index contributed by atoms with van der Waals surface area (Å²) in [5.41, 5.74) is 5.16. The molecular formula is C32H42N4OS. The van der Waals surface area contributed by atoms with Crippen molar-refractivity contribution in [3.8, 4) is 6.07 Å². The van der Waals surface area contributed by atoms with Gasteiger partial charge >= 0.3 is 0 Å². The van der Waals surface area contributed by atoms with Crippen LogP contribution in [0.3, 0.4) is 0 Å². The average Bonchev–Trinajstić information content (AvgIpc) is 3.61. The number of hydrogen-bond acceptors (Lipinski definition) is 3. The summed E-state index contributed by atoms with van der Waals surface area (Å²) in [5.74, 6) is 5.29. The summed E-state index contributed by atoms with van der Waals surface area (Å²) in [5, 5.41) is 10.2. The Bertz CT molecular complexity index is 1270. The highest BCUT2D eigenvalue weighted by Crippen LogP contribution is 2.36. The third kappa shape index (κ3) is 7.08. The first-order valence-electron chi connectivity index (χ1n) is 14.3. The summed E-state index contributed by atoms with van der Waals surface area (Å²) in [6.45, 7) is 0.740. The van der Waals surface area contributed by atoms with E-state index in [0.29, 0.717) is 17.5 Å². The highest BCUT2D eigenvalue weighted by Gasteiger charge is 2.26. The number of nitriles is 1. The zero-order valence-electron chi connectivity index (χ0n) is 22.7. The van der Waals surface area contributed by atoms with E-state index in [4.69, 9.17) is 0 Å². The van der Waals surface area contributed by atoms with Crippen molar-refractivity contribution in [2.75, 3.05) is 18.5 Å². The molecule has 4 aliphatic rings. The van der Waals surface area contributed by atoms with Crippen molar-refractivity contribution in [2.45, 2.75) is 76.3 Å². The standard InChI is InChI=1S/C32H42N4OS/c1-36(30-11-6-12-30)32-21-27(19-24-7-3-4-8-24)16-18-31(32)28(22-33)20-25-9-5-10-29(17-15-25)35-38(2,37)34-23-26-13-14-26/h5,9-10,15-18,20-21,24,26,29-30H,2-4,6-8,11-14,19,23H2,1H3,(H2,34,35,37)/b28-20+. The van der Waals surface area contributed by atoms with Gasteiger partial charge in [0, 0.05) is 30.9 Å². The summed E-state index contributed by atoms with van der Waals surface area (Å²) >= 11 is 0. The molecule has 38 heavy (non-hydrogen) atoms. The summed E-state index contributed by atoms with van der Waals surface area (Å²) in [4.78, 5) is 2.40. The van der Waals surface area contributed by atoms with Crippen molar-refractivity contribution < 1.29 is 4.21 Å². The lowest BCUT2D eigenvalue weighted by molar-refractivity contribution is 0.401. The first-order chi connectivity index (χ1) is 18.4. The van der Waals surface area contributed by atoms with Gasteiger partial charge in [-0.3, -0.25) is 0 Å².